The zero-order valence-corrected chi connectivity index (χ0v) is 8.78. The van der Waals surface area contributed by atoms with Crippen LogP contribution in [-0.4, -0.2) is 15.4 Å². The predicted octanol–water partition coefficient (Wildman–Crippen LogP) is 1.70. The van der Waals surface area contributed by atoms with E-state index in [4.69, 9.17) is 17.3 Å². The molecule has 4 nitrogen and oxygen atoms in total. The molecule has 0 saturated carbocycles. The lowest BCUT2D eigenvalue weighted by molar-refractivity contribution is 0.691. The van der Waals surface area contributed by atoms with Crippen molar-refractivity contribution in [2.75, 3.05) is 0 Å². The van der Waals surface area contributed by atoms with Crippen molar-refractivity contribution in [1.82, 2.24) is 15.4 Å². The highest BCUT2D eigenvalue weighted by Gasteiger charge is 2.09. The third-order valence-electron chi connectivity index (χ3n) is 2.16. The largest absolute Gasteiger partial charge is 0.322 e. The Morgan fingerprint density at radius 3 is 3.00 bits per heavy atom. The fourth-order valence-electron chi connectivity index (χ4n) is 1.41. The molecule has 5 heteroatoms. The number of nitrogens with one attached hydrogen (secondary N) is 1. The average molecular weight is 223 g/mol. The lowest BCUT2D eigenvalue weighted by Gasteiger charge is -2.07. The average Bonchev–Trinajstić information content (AvgIpc) is 2.70. The van der Waals surface area contributed by atoms with Crippen molar-refractivity contribution in [3.8, 4) is 0 Å². The van der Waals surface area contributed by atoms with Crippen LogP contribution >= 0.6 is 11.6 Å². The minimum Gasteiger partial charge on any atom is -0.322 e. The third-order valence-corrected chi connectivity index (χ3v) is 2.39. The first-order valence-electron chi connectivity index (χ1n) is 4.61. The van der Waals surface area contributed by atoms with E-state index in [1.165, 1.54) is 0 Å². The minimum absolute atomic E-state index is 0.151. The number of hydrogen-bond donors (Lipinski definition) is 2. The number of hydrogen-bond acceptors (Lipinski definition) is 3. The summed E-state index contributed by atoms with van der Waals surface area (Å²) in [5, 5.41) is 10.9. The zero-order valence-electron chi connectivity index (χ0n) is 8.02. The van der Waals surface area contributed by atoms with Gasteiger partial charge in [-0.15, -0.1) is 0 Å². The van der Waals surface area contributed by atoms with Gasteiger partial charge in [0.05, 0.1) is 17.9 Å². The fourth-order valence-corrected chi connectivity index (χ4v) is 1.62. The molecule has 1 atom stereocenters. The summed E-state index contributed by atoms with van der Waals surface area (Å²) in [5.41, 5.74) is 7.81. The number of benzene rings is 1. The van der Waals surface area contributed by atoms with Crippen LogP contribution in [0.25, 0.3) is 0 Å². The Balaban J connectivity index is 2.09. The van der Waals surface area contributed by atoms with E-state index in [9.17, 15) is 0 Å². The molecule has 0 saturated heterocycles. The van der Waals surface area contributed by atoms with Gasteiger partial charge in [-0.25, -0.2) is 0 Å². The van der Waals surface area contributed by atoms with Gasteiger partial charge in [-0.3, -0.25) is 0 Å². The highest BCUT2D eigenvalue weighted by molar-refractivity contribution is 6.30. The van der Waals surface area contributed by atoms with E-state index < -0.39 is 0 Å². The maximum Gasteiger partial charge on any atom is 0.0995 e. The van der Waals surface area contributed by atoms with Crippen molar-refractivity contribution in [3.63, 3.8) is 0 Å². The number of nitrogens with two attached hydrogens (primary N) is 1. The van der Waals surface area contributed by atoms with E-state index in [2.05, 4.69) is 15.4 Å². The van der Waals surface area contributed by atoms with E-state index in [-0.39, 0.29) is 6.04 Å². The van der Waals surface area contributed by atoms with Crippen LogP contribution in [0, 0.1) is 0 Å². The van der Waals surface area contributed by atoms with E-state index >= 15 is 0 Å². The van der Waals surface area contributed by atoms with Crippen LogP contribution in [-0.2, 0) is 6.42 Å². The van der Waals surface area contributed by atoms with E-state index in [0.29, 0.717) is 6.42 Å². The van der Waals surface area contributed by atoms with Crippen LogP contribution in [0.2, 0.25) is 5.02 Å². The molecule has 0 fully saturated rings. The van der Waals surface area contributed by atoms with Gasteiger partial charge in [0.1, 0.15) is 0 Å². The van der Waals surface area contributed by atoms with Gasteiger partial charge in [0.2, 0.25) is 0 Å². The minimum atomic E-state index is -0.151. The lowest BCUT2D eigenvalue weighted by Crippen LogP contribution is -2.13. The van der Waals surface area contributed by atoms with Gasteiger partial charge in [0.25, 0.3) is 0 Å². The Morgan fingerprint density at radius 1 is 1.47 bits per heavy atom. The van der Waals surface area contributed by atoms with Crippen molar-refractivity contribution in [2.45, 2.75) is 12.5 Å². The van der Waals surface area contributed by atoms with Gasteiger partial charge in [0.15, 0.2) is 0 Å². The van der Waals surface area contributed by atoms with Gasteiger partial charge in [0, 0.05) is 5.02 Å². The quantitative estimate of drug-likeness (QED) is 0.831. The van der Waals surface area contributed by atoms with Crippen molar-refractivity contribution in [1.29, 1.82) is 0 Å². The van der Waals surface area contributed by atoms with Crippen LogP contribution in [0.15, 0.2) is 30.5 Å². The molecule has 0 radical (unpaired) electrons. The second-order valence-corrected chi connectivity index (χ2v) is 3.77. The molecule has 0 aliphatic rings. The SMILES string of the molecule is NC(Cc1cccc(Cl)c1)c1cn[nH]n1. The monoisotopic (exact) mass is 222 g/mol. The molecule has 3 N–H and O–H groups in total. The molecule has 0 spiro atoms. The summed E-state index contributed by atoms with van der Waals surface area (Å²) in [7, 11) is 0. The first-order valence-corrected chi connectivity index (χ1v) is 4.99. The summed E-state index contributed by atoms with van der Waals surface area (Å²) in [6.07, 6.45) is 2.34. The summed E-state index contributed by atoms with van der Waals surface area (Å²) in [4.78, 5) is 0. The number of nitrogens with zero attached hydrogens (tertiary/aromatic N) is 2. The van der Waals surface area contributed by atoms with Crippen LogP contribution < -0.4 is 5.73 Å². The normalized spacial score (nSPS) is 12.7. The van der Waals surface area contributed by atoms with Gasteiger partial charge < -0.3 is 5.73 Å². The van der Waals surface area contributed by atoms with Crippen LogP contribution in [0.1, 0.15) is 17.3 Å². The van der Waals surface area contributed by atoms with E-state index in [0.717, 1.165) is 16.3 Å². The topological polar surface area (TPSA) is 67.6 Å². The van der Waals surface area contributed by atoms with Crippen LogP contribution in [0.3, 0.4) is 0 Å². The number of rotatable bonds is 3. The zero-order chi connectivity index (χ0) is 10.7. The smallest absolute Gasteiger partial charge is 0.0995 e. The molecule has 0 amide bonds. The molecule has 2 aromatic rings. The molecule has 1 aromatic carbocycles. The van der Waals surface area contributed by atoms with Crippen LogP contribution in [0.4, 0.5) is 0 Å². The molecule has 1 heterocycles. The second kappa shape index (κ2) is 4.42. The molecule has 78 valence electrons. The highest BCUT2D eigenvalue weighted by Crippen LogP contribution is 2.16. The van der Waals surface area contributed by atoms with Gasteiger partial charge in [-0.1, -0.05) is 23.7 Å². The van der Waals surface area contributed by atoms with Crippen molar-refractivity contribution < 1.29 is 0 Å². The Morgan fingerprint density at radius 2 is 2.33 bits per heavy atom. The maximum absolute atomic E-state index is 5.96. The van der Waals surface area contributed by atoms with Gasteiger partial charge in [-0.05, 0) is 24.1 Å². The molecule has 15 heavy (non-hydrogen) atoms. The number of aromatic amines is 1. The Bertz CT molecular complexity index is 427. The Labute approximate surface area is 92.4 Å². The van der Waals surface area contributed by atoms with Crippen molar-refractivity contribution in [3.05, 3.63) is 46.7 Å². The highest BCUT2D eigenvalue weighted by atomic mass is 35.5. The molecule has 1 aromatic heterocycles. The number of aromatic nitrogens is 3. The number of halogens is 1. The standard InChI is InChI=1S/C10H11ClN4/c11-8-3-1-2-7(4-8)5-9(12)10-6-13-15-14-10/h1-4,6,9H,5,12H2,(H,13,14,15). The maximum atomic E-state index is 5.96. The Kier molecular flexibility index (Phi) is 2.99. The van der Waals surface area contributed by atoms with E-state index in [1.807, 2.05) is 24.3 Å². The molecule has 1 unspecified atom stereocenters. The molecule has 2 rings (SSSR count). The summed E-state index contributed by atoms with van der Waals surface area (Å²) in [6.45, 7) is 0. The molecular formula is C10H11ClN4. The molecule has 0 bridgehead atoms. The second-order valence-electron chi connectivity index (χ2n) is 3.34. The summed E-state index contributed by atoms with van der Waals surface area (Å²) in [6, 6.07) is 7.50. The number of H-pyrrole nitrogens is 1. The molecule has 0 aliphatic carbocycles. The van der Waals surface area contributed by atoms with E-state index in [1.54, 1.807) is 6.20 Å². The predicted molar refractivity (Wildman–Crippen MR) is 58.5 cm³/mol. The van der Waals surface area contributed by atoms with Crippen LogP contribution in [0.5, 0.6) is 0 Å². The fraction of sp³-hybridized carbons (Fsp3) is 0.200. The first kappa shape index (κ1) is 10.1. The van der Waals surface area contributed by atoms with Gasteiger partial charge >= 0.3 is 0 Å². The first-order chi connectivity index (χ1) is 7.25. The van der Waals surface area contributed by atoms with Crippen molar-refractivity contribution in [2.24, 2.45) is 5.73 Å². The van der Waals surface area contributed by atoms with Crippen molar-refractivity contribution >= 4 is 11.6 Å². The van der Waals surface area contributed by atoms with Gasteiger partial charge in [-0.2, -0.15) is 15.4 Å². The Hall–Kier alpha value is -1.39. The third kappa shape index (κ3) is 2.55. The summed E-state index contributed by atoms with van der Waals surface area (Å²) < 4.78 is 0. The molecular weight excluding hydrogens is 212 g/mol. The lowest BCUT2D eigenvalue weighted by atomic mass is 10.0. The molecule has 0 aliphatic heterocycles. The summed E-state index contributed by atoms with van der Waals surface area (Å²) >= 11 is 5.88. The summed E-state index contributed by atoms with van der Waals surface area (Å²) in [5.74, 6) is 0.